The fourth-order valence-electron chi connectivity index (χ4n) is 1.38. The van der Waals surface area contributed by atoms with E-state index in [2.05, 4.69) is 27.6 Å². The molecule has 1 atom stereocenters. The second-order valence-corrected chi connectivity index (χ2v) is 5.28. The molecule has 3 nitrogen and oxygen atoms in total. The fraction of sp³-hybridized carbons (Fsp3) is 0.400. The quantitative estimate of drug-likeness (QED) is 0.894. The topological polar surface area (TPSA) is 37.8 Å². The van der Waals surface area contributed by atoms with E-state index in [1.54, 1.807) is 22.7 Å². The highest BCUT2D eigenvalue weighted by atomic mass is 32.1. The van der Waals surface area contributed by atoms with Crippen LogP contribution in [0.15, 0.2) is 10.9 Å². The van der Waals surface area contributed by atoms with Crippen LogP contribution in [0.4, 0.5) is 0 Å². The summed E-state index contributed by atoms with van der Waals surface area (Å²) in [7, 11) is 1.94. The Kier molecular flexibility index (Phi) is 3.14. The lowest BCUT2D eigenvalue weighted by Crippen LogP contribution is -2.17. The molecule has 5 heteroatoms. The summed E-state index contributed by atoms with van der Waals surface area (Å²) >= 11 is 3.35. The number of thiazole rings is 2. The van der Waals surface area contributed by atoms with Gasteiger partial charge in [-0.1, -0.05) is 0 Å². The molecule has 0 saturated carbocycles. The van der Waals surface area contributed by atoms with Crippen LogP contribution < -0.4 is 5.32 Å². The Morgan fingerprint density at radius 1 is 1.40 bits per heavy atom. The Morgan fingerprint density at radius 3 is 2.67 bits per heavy atom. The molecule has 2 heterocycles. The van der Waals surface area contributed by atoms with E-state index in [-0.39, 0.29) is 6.04 Å². The third-order valence-corrected chi connectivity index (χ3v) is 4.07. The summed E-state index contributed by atoms with van der Waals surface area (Å²) < 4.78 is 0. The molecule has 0 aliphatic carbocycles. The Labute approximate surface area is 97.2 Å². The molecule has 0 bridgehead atoms. The largest absolute Gasteiger partial charge is 0.306 e. The molecule has 0 aliphatic rings. The number of rotatable bonds is 3. The van der Waals surface area contributed by atoms with Crippen LogP contribution in [-0.2, 0) is 0 Å². The van der Waals surface area contributed by atoms with E-state index in [1.807, 2.05) is 19.5 Å². The second kappa shape index (κ2) is 4.38. The van der Waals surface area contributed by atoms with Crippen molar-refractivity contribution in [3.8, 4) is 0 Å². The Morgan fingerprint density at radius 2 is 2.20 bits per heavy atom. The number of hydrogen-bond donors (Lipinski definition) is 1. The number of aryl methyl sites for hydroxylation is 2. The van der Waals surface area contributed by atoms with Crippen molar-refractivity contribution in [2.24, 2.45) is 0 Å². The normalized spacial score (nSPS) is 13.0. The number of aromatic nitrogens is 2. The molecule has 1 N–H and O–H groups in total. The maximum Gasteiger partial charge on any atom is 0.116 e. The lowest BCUT2D eigenvalue weighted by molar-refractivity contribution is 0.669. The van der Waals surface area contributed by atoms with Crippen LogP contribution in [0.3, 0.4) is 0 Å². The smallest absolute Gasteiger partial charge is 0.116 e. The summed E-state index contributed by atoms with van der Waals surface area (Å²) in [6, 6.07) is 0.133. The molecule has 0 aliphatic heterocycles. The van der Waals surface area contributed by atoms with Crippen LogP contribution >= 0.6 is 22.7 Å². The van der Waals surface area contributed by atoms with E-state index in [9.17, 15) is 0 Å². The SMILES string of the molecule is CNC(c1cscn1)c1nc(C)c(C)s1. The predicted molar refractivity (Wildman–Crippen MR) is 64.6 cm³/mol. The van der Waals surface area contributed by atoms with E-state index in [4.69, 9.17) is 0 Å². The Balaban J connectivity index is 2.35. The summed E-state index contributed by atoms with van der Waals surface area (Å²) in [4.78, 5) is 10.2. The lowest BCUT2D eigenvalue weighted by Gasteiger charge is -2.09. The molecule has 0 saturated heterocycles. The highest BCUT2D eigenvalue weighted by Crippen LogP contribution is 2.27. The minimum absolute atomic E-state index is 0.133. The fourth-order valence-corrected chi connectivity index (χ4v) is 3.01. The molecular weight excluding hydrogens is 226 g/mol. The van der Waals surface area contributed by atoms with Gasteiger partial charge in [-0.05, 0) is 20.9 Å². The van der Waals surface area contributed by atoms with Crippen molar-refractivity contribution in [2.75, 3.05) is 7.05 Å². The van der Waals surface area contributed by atoms with Gasteiger partial charge in [0.25, 0.3) is 0 Å². The van der Waals surface area contributed by atoms with Gasteiger partial charge in [0.05, 0.1) is 16.9 Å². The van der Waals surface area contributed by atoms with Crippen molar-refractivity contribution in [3.05, 3.63) is 32.2 Å². The van der Waals surface area contributed by atoms with Crippen molar-refractivity contribution in [1.82, 2.24) is 15.3 Å². The van der Waals surface area contributed by atoms with Gasteiger partial charge in [-0.3, -0.25) is 0 Å². The molecule has 0 amide bonds. The van der Waals surface area contributed by atoms with Crippen molar-refractivity contribution in [3.63, 3.8) is 0 Å². The van der Waals surface area contributed by atoms with Gasteiger partial charge in [-0.2, -0.15) is 0 Å². The first-order valence-electron chi connectivity index (χ1n) is 4.71. The van der Waals surface area contributed by atoms with Gasteiger partial charge < -0.3 is 5.32 Å². The zero-order valence-electron chi connectivity index (χ0n) is 8.94. The first kappa shape index (κ1) is 10.7. The van der Waals surface area contributed by atoms with E-state index in [0.29, 0.717) is 0 Å². The van der Waals surface area contributed by atoms with Crippen LogP contribution in [-0.4, -0.2) is 17.0 Å². The zero-order chi connectivity index (χ0) is 10.8. The van der Waals surface area contributed by atoms with E-state index in [0.717, 1.165) is 16.4 Å². The van der Waals surface area contributed by atoms with Crippen molar-refractivity contribution < 1.29 is 0 Å². The maximum absolute atomic E-state index is 4.56. The molecule has 0 fully saturated rings. The average molecular weight is 239 g/mol. The van der Waals surface area contributed by atoms with Gasteiger partial charge in [-0.25, -0.2) is 9.97 Å². The van der Waals surface area contributed by atoms with Crippen molar-refractivity contribution >= 4 is 22.7 Å². The van der Waals surface area contributed by atoms with Gasteiger partial charge in [0.15, 0.2) is 0 Å². The van der Waals surface area contributed by atoms with Crippen LogP contribution in [0.5, 0.6) is 0 Å². The standard InChI is InChI=1S/C10H13N3S2/c1-6-7(2)15-10(13-6)9(11-3)8-4-14-5-12-8/h4-5,9,11H,1-3H3. The average Bonchev–Trinajstić information content (AvgIpc) is 2.80. The molecule has 80 valence electrons. The van der Waals surface area contributed by atoms with Gasteiger partial charge >= 0.3 is 0 Å². The van der Waals surface area contributed by atoms with Crippen LogP contribution in [0.2, 0.25) is 0 Å². The number of hydrogen-bond acceptors (Lipinski definition) is 5. The van der Waals surface area contributed by atoms with Crippen molar-refractivity contribution in [1.29, 1.82) is 0 Å². The molecule has 2 rings (SSSR count). The lowest BCUT2D eigenvalue weighted by atomic mass is 10.2. The monoisotopic (exact) mass is 239 g/mol. The summed E-state index contributed by atoms with van der Waals surface area (Å²) in [5.41, 5.74) is 4.02. The highest BCUT2D eigenvalue weighted by Gasteiger charge is 2.18. The van der Waals surface area contributed by atoms with E-state index in [1.165, 1.54) is 4.88 Å². The molecule has 1 unspecified atom stereocenters. The molecule has 0 radical (unpaired) electrons. The summed E-state index contributed by atoms with van der Waals surface area (Å²) in [5, 5.41) is 6.41. The van der Waals surface area contributed by atoms with Gasteiger partial charge in [0, 0.05) is 10.3 Å². The molecule has 2 aromatic heterocycles. The summed E-state index contributed by atoms with van der Waals surface area (Å²) in [6.45, 7) is 4.15. The number of nitrogens with one attached hydrogen (secondary N) is 1. The first-order chi connectivity index (χ1) is 7.22. The molecular formula is C10H13N3S2. The van der Waals surface area contributed by atoms with Crippen LogP contribution in [0, 0.1) is 13.8 Å². The molecule has 0 aromatic carbocycles. The zero-order valence-corrected chi connectivity index (χ0v) is 10.6. The Bertz CT molecular complexity index is 414. The minimum Gasteiger partial charge on any atom is -0.306 e. The number of nitrogens with zero attached hydrogens (tertiary/aromatic N) is 2. The maximum atomic E-state index is 4.56. The molecule has 15 heavy (non-hydrogen) atoms. The highest BCUT2D eigenvalue weighted by molar-refractivity contribution is 7.11. The first-order valence-corrected chi connectivity index (χ1v) is 6.47. The van der Waals surface area contributed by atoms with Gasteiger partial charge in [0.1, 0.15) is 11.0 Å². The Hall–Kier alpha value is -0.780. The summed E-state index contributed by atoms with van der Waals surface area (Å²) in [5.74, 6) is 0. The molecule has 0 spiro atoms. The van der Waals surface area contributed by atoms with Gasteiger partial charge in [0.2, 0.25) is 0 Å². The molecule has 2 aromatic rings. The second-order valence-electron chi connectivity index (χ2n) is 3.33. The van der Waals surface area contributed by atoms with Crippen LogP contribution in [0.25, 0.3) is 0 Å². The predicted octanol–water partition coefficient (Wildman–Crippen LogP) is 2.53. The van der Waals surface area contributed by atoms with E-state index < -0.39 is 0 Å². The van der Waals surface area contributed by atoms with Crippen LogP contribution in [0.1, 0.15) is 27.3 Å². The minimum atomic E-state index is 0.133. The third-order valence-electron chi connectivity index (χ3n) is 2.33. The summed E-state index contributed by atoms with van der Waals surface area (Å²) in [6.07, 6.45) is 0. The van der Waals surface area contributed by atoms with Crippen molar-refractivity contribution in [2.45, 2.75) is 19.9 Å². The van der Waals surface area contributed by atoms with E-state index >= 15 is 0 Å². The third kappa shape index (κ3) is 2.09. The van der Waals surface area contributed by atoms with Gasteiger partial charge in [-0.15, -0.1) is 22.7 Å².